The van der Waals surface area contributed by atoms with Crippen LogP contribution in [0.5, 0.6) is 5.75 Å². The number of piperazine rings is 1. The molecular weight excluding hydrogens is 390 g/mol. The van der Waals surface area contributed by atoms with Gasteiger partial charge in [-0.2, -0.15) is 0 Å². The normalized spacial score (nSPS) is 20.7. The number of carbonyl (C=O) groups excluding carboxylic acids is 2. The van der Waals surface area contributed by atoms with Crippen LogP contribution in [-0.4, -0.2) is 67.5 Å². The summed E-state index contributed by atoms with van der Waals surface area (Å²) in [5, 5.41) is 0. The Labute approximate surface area is 184 Å². The highest BCUT2D eigenvalue weighted by molar-refractivity contribution is 5.89. The molecule has 2 aromatic rings. The van der Waals surface area contributed by atoms with Crippen LogP contribution in [0.25, 0.3) is 0 Å². The first-order chi connectivity index (χ1) is 15.1. The van der Waals surface area contributed by atoms with Gasteiger partial charge < -0.3 is 19.4 Å². The minimum atomic E-state index is -0.221. The van der Waals surface area contributed by atoms with Crippen molar-refractivity contribution in [3.8, 4) is 5.75 Å². The predicted octanol–water partition coefficient (Wildman–Crippen LogP) is 1.40. The van der Waals surface area contributed by atoms with Gasteiger partial charge in [-0.3, -0.25) is 9.59 Å². The summed E-state index contributed by atoms with van der Waals surface area (Å²) in [5.41, 5.74) is 1.11. The molecule has 6 heteroatoms. The Morgan fingerprint density at radius 3 is 2.39 bits per heavy atom. The van der Waals surface area contributed by atoms with E-state index in [1.54, 1.807) is 0 Å². The molecule has 2 amide bonds. The highest BCUT2D eigenvalue weighted by Gasteiger charge is 2.39. The van der Waals surface area contributed by atoms with E-state index in [1.165, 1.54) is 4.90 Å². The van der Waals surface area contributed by atoms with Crippen LogP contribution in [-0.2, 0) is 9.59 Å². The number of ether oxygens (including phenoxy) is 1. The molecule has 2 saturated heterocycles. The molecule has 0 aromatic heterocycles. The third kappa shape index (κ3) is 5.25. The molecule has 6 nitrogen and oxygen atoms in total. The van der Waals surface area contributed by atoms with E-state index >= 15 is 0 Å². The second kappa shape index (κ2) is 9.96. The second-order valence-corrected chi connectivity index (χ2v) is 8.52. The maximum Gasteiger partial charge on any atom is 0.228 e. The molecule has 2 heterocycles. The van der Waals surface area contributed by atoms with Crippen LogP contribution < -0.4 is 9.64 Å². The minimum absolute atomic E-state index is 0.00240. The van der Waals surface area contributed by atoms with Crippen LogP contribution in [0, 0.1) is 5.92 Å². The number of likely N-dealkylation sites (tertiary alicyclic amines) is 1. The van der Waals surface area contributed by atoms with Gasteiger partial charge in [0.05, 0.1) is 38.1 Å². The summed E-state index contributed by atoms with van der Waals surface area (Å²) in [6.07, 6.45) is 0.327. The van der Waals surface area contributed by atoms with E-state index in [9.17, 15) is 9.59 Å². The molecule has 1 N–H and O–H groups in total. The first-order valence-corrected chi connectivity index (χ1v) is 11.3. The van der Waals surface area contributed by atoms with Gasteiger partial charge in [0.25, 0.3) is 0 Å². The number of nitrogens with one attached hydrogen (secondary N) is 1. The van der Waals surface area contributed by atoms with Gasteiger partial charge in [-0.05, 0) is 24.6 Å². The van der Waals surface area contributed by atoms with Crippen molar-refractivity contribution in [2.75, 3.05) is 45.9 Å². The number of rotatable bonds is 7. The predicted molar refractivity (Wildman–Crippen MR) is 119 cm³/mol. The molecular formula is C25H32N3O3+. The average molecular weight is 423 g/mol. The zero-order valence-electron chi connectivity index (χ0n) is 18.2. The van der Waals surface area contributed by atoms with Crippen molar-refractivity contribution in [1.29, 1.82) is 0 Å². The van der Waals surface area contributed by atoms with E-state index in [4.69, 9.17) is 4.74 Å². The summed E-state index contributed by atoms with van der Waals surface area (Å²) in [5.74, 6) is 0.894. The van der Waals surface area contributed by atoms with Gasteiger partial charge in [0, 0.05) is 13.0 Å². The summed E-state index contributed by atoms with van der Waals surface area (Å²) < 4.78 is 5.80. The van der Waals surface area contributed by atoms with E-state index in [1.807, 2.05) is 77.4 Å². The van der Waals surface area contributed by atoms with Crippen molar-refractivity contribution in [2.45, 2.75) is 19.4 Å². The quantitative estimate of drug-likeness (QED) is 0.734. The molecule has 2 aliphatic rings. The van der Waals surface area contributed by atoms with Crippen LogP contribution in [0.15, 0.2) is 60.7 Å². The largest absolute Gasteiger partial charge is 0.488 e. The highest BCUT2D eigenvalue weighted by Crippen LogP contribution is 2.29. The maximum absolute atomic E-state index is 13.1. The summed E-state index contributed by atoms with van der Waals surface area (Å²) in [6, 6.07) is 19.9. The van der Waals surface area contributed by atoms with Crippen LogP contribution in [0.1, 0.15) is 24.9 Å². The number of carbonyl (C=O) groups is 2. The van der Waals surface area contributed by atoms with Gasteiger partial charge in [0.15, 0.2) is 0 Å². The number of nitrogens with zero attached hydrogens (tertiary/aromatic N) is 2. The molecule has 2 atom stereocenters. The van der Waals surface area contributed by atoms with Crippen molar-refractivity contribution in [3.63, 3.8) is 0 Å². The summed E-state index contributed by atoms with van der Waals surface area (Å²) >= 11 is 0. The van der Waals surface area contributed by atoms with Gasteiger partial charge in [0.1, 0.15) is 18.9 Å². The van der Waals surface area contributed by atoms with E-state index in [2.05, 4.69) is 0 Å². The van der Waals surface area contributed by atoms with E-state index in [0.717, 1.165) is 44.0 Å². The third-order valence-electron chi connectivity index (χ3n) is 6.51. The SMILES string of the molecule is C[C@H](c1ccccc1)N1C[C@@H](C(=O)N2CC[NH+](CCOc3ccccc3)CC2)CC1=O. The first kappa shape index (κ1) is 21.4. The molecule has 0 spiro atoms. The fraction of sp³-hybridized carbons (Fsp3) is 0.440. The Morgan fingerprint density at radius 2 is 1.71 bits per heavy atom. The number of para-hydroxylation sites is 1. The number of hydrogen-bond donors (Lipinski definition) is 1. The standard InChI is InChI=1S/C25H31N3O3/c1-20(21-8-4-2-5-9-21)28-19-22(18-24(28)29)25(30)27-14-12-26(13-15-27)16-17-31-23-10-6-3-7-11-23/h2-11,20,22H,12-19H2,1H3/p+1/t20-,22+/m1/s1. The van der Waals surface area contributed by atoms with Crippen LogP contribution in [0.4, 0.5) is 0 Å². The Hall–Kier alpha value is -2.86. The Bertz CT molecular complexity index is 866. The fourth-order valence-corrected chi connectivity index (χ4v) is 4.56. The smallest absolute Gasteiger partial charge is 0.228 e. The van der Waals surface area contributed by atoms with Gasteiger partial charge >= 0.3 is 0 Å². The molecule has 0 aliphatic carbocycles. The van der Waals surface area contributed by atoms with Crippen LogP contribution in [0.3, 0.4) is 0 Å². The summed E-state index contributed by atoms with van der Waals surface area (Å²) in [7, 11) is 0. The monoisotopic (exact) mass is 422 g/mol. The van der Waals surface area contributed by atoms with Crippen molar-refractivity contribution in [1.82, 2.24) is 9.80 Å². The summed E-state index contributed by atoms with van der Waals surface area (Å²) in [4.78, 5) is 31.0. The molecule has 0 unspecified atom stereocenters. The zero-order valence-corrected chi connectivity index (χ0v) is 18.2. The highest BCUT2D eigenvalue weighted by atomic mass is 16.5. The molecule has 2 fully saturated rings. The van der Waals surface area contributed by atoms with Crippen LogP contribution >= 0.6 is 0 Å². The molecule has 2 aromatic carbocycles. The third-order valence-corrected chi connectivity index (χ3v) is 6.51. The zero-order chi connectivity index (χ0) is 21.6. The second-order valence-electron chi connectivity index (χ2n) is 8.52. The van der Waals surface area contributed by atoms with Gasteiger partial charge in [-0.25, -0.2) is 0 Å². The lowest BCUT2D eigenvalue weighted by Gasteiger charge is -2.33. The molecule has 4 rings (SSSR count). The van der Waals surface area contributed by atoms with Gasteiger partial charge in [-0.1, -0.05) is 48.5 Å². The Morgan fingerprint density at radius 1 is 1.06 bits per heavy atom. The lowest BCUT2D eigenvalue weighted by atomic mass is 10.1. The molecule has 0 saturated carbocycles. The summed E-state index contributed by atoms with van der Waals surface area (Å²) in [6.45, 7) is 7.52. The molecule has 31 heavy (non-hydrogen) atoms. The Kier molecular flexibility index (Phi) is 6.87. The average Bonchev–Trinajstić information content (AvgIpc) is 3.21. The lowest BCUT2D eigenvalue weighted by Crippen LogP contribution is -3.15. The van der Waals surface area contributed by atoms with Crippen molar-refractivity contribution < 1.29 is 19.2 Å². The number of amides is 2. The van der Waals surface area contributed by atoms with E-state index < -0.39 is 0 Å². The van der Waals surface area contributed by atoms with Crippen LogP contribution in [0.2, 0.25) is 0 Å². The van der Waals surface area contributed by atoms with Crippen molar-refractivity contribution in [3.05, 3.63) is 66.2 Å². The topological polar surface area (TPSA) is 54.3 Å². The van der Waals surface area contributed by atoms with Crippen molar-refractivity contribution >= 4 is 11.8 Å². The number of quaternary nitrogens is 1. The number of benzene rings is 2. The van der Waals surface area contributed by atoms with Gasteiger partial charge in [-0.15, -0.1) is 0 Å². The first-order valence-electron chi connectivity index (χ1n) is 11.3. The maximum atomic E-state index is 13.1. The Balaban J connectivity index is 1.23. The van der Waals surface area contributed by atoms with E-state index in [-0.39, 0.29) is 23.8 Å². The molecule has 2 aliphatic heterocycles. The van der Waals surface area contributed by atoms with Gasteiger partial charge in [0.2, 0.25) is 11.8 Å². The fourth-order valence-electron chi connectivity index (χ4n) is 4.56. The minimum Gasteiger partial charge on any atom is -0.488 e. The van der Waals surface area contributed by atoms with Crippen molar-refractivity contribution in [2.24, 2.45) is 5.92 Å². The molecule has 164 valence electrons. The molecule has 0 bridgehead atoms. The number of hydrogen-bond acceptors (Lipinski definition) is 3. The lowest BCUT2D eigenvalue weighted by molar-refractivity contribution is -0.904. The van der Waals surface area contributed by atoms with E-state index in [0.29, 0.717) is 19.6 Å². The molecule has 0 radical (unpaired) electrons.